The number of nitrogens with zero attached hydrogens (tertiary/aromatic N) is 1. The van der Waals surface area contributed by atoms with Crippen LogP contribution >= 0.6 is 11.8 Å². The van der Waals surface area contributed by atoms with E-state index in [1.54, 1.807) is 11.8 Å². The Bertz CT molecular complexity index is 505. The van der Waals surface area contributed by atoms with E-state index in [1.165, 1.54) is 23.5 Å². The van der Waals surface area contributed by atoms with Crippen molar-refractivity contribution in [3.05, 3.63) is 29.6 Å². The molecule has 1 aromatic carbocycles. The lowest BCUT2D eigenvalue weighted by molar-refractivity contribution is 0.275. The quantitative estimate of drug-likeness (QED) is 0.859. The third kappa shape index (κ3) is 3.44. The Morgan fingerprint density at radius 2 is 2.11 bits per heavy atom. The Balaban J connectivity index is 3.05. The lowest BCUT2D eigenvalue weighted by atomic mass is 10.2. The van der Waals surface area contributed by atoms with Crippen molar-refractivity contribution in [2.45, 2.75) is 11.5 Å². The predicted molar refractivity (Wildman–Crippen MR) is 70.5 cm³/mol. The maximum absolute atomic E-state index is 13.2. The van der Waals surface area contributed by atoms with Crippen molar-refractivity contribution in [3.8, 4) is 0 Å². The number of rotatable bonds is 6. The molecule has 0 saturated heterocycles. The minimum absolute atomic E-state index is 0.00319. The maximum Gasteiger partial charge on any atom is 0.242 e. The molecule has 0 saturated carbocycles. The molecule has 0 fully saturated rings. The molecule has 0 unspecified atom stereocenters. The van der Waals surface area contributed by atoms with Gasteiger partial charge in [0.05, 0.1) is 11.5 Å². The van der Waals surface area contributed by atoms with Crippen LogP contribution in [0.1, 0.15) is 5.56 Å². The number of benzene rings is 1. The van der Waals surface area contributed by atoms with Crippen molar-refractivity contribution < 1.29 is 17.9 Å². The van der Waals surface area contributed by atoms with Gasteiger partial charge in [-0.15, -0.1) is 0 Å². The number of aliphatic hydroxyl groups excluding tert-OH is 1. The van der Waals surface area contributed by atoms with Gasteiger partial charge in [-0.1, -0.05) is 0 Å². The zero-order valence-electron chi connectivity index (χ0n) is 10.3. The van der Waals surface area contributed by atoms with E-state index in [-0.39, 0.29) is 10.5 Å². The minimum atomic E-state index is -3.62. The topological polar surface area (TPSA) is 57.6 Å². The minimum Gasteiger partial charge on any atom is -0.392 e. The van der Waals surface area contributed by atoms with Crippen LogP contribution in [0.2, 0.25) is 0 Å². The first-order valence-electron chi connectivity index (χ1n) is 5.28. The summed E-state index contributed by atoms with van der Waals surface area (Å²) in [5.74, 6) is 0.0762. The van der Waals surface area contributed by atoms with Gasteiger partial charge in [0.15, 0.2) is 0 Å². The van der Waals surface area contributed by atoms with Crippen LogP contribution in [0.5, 0.6) is 0 Å². The van der Waals surface area contributed by atoms with Gasteiger partial charge in [0.1, 0.15) is 5.82 Å². The lowest BCUT2D eigenvalue weighted by Crippen LogP contribution is -2.29. The normalized spacial score (nSPS) is 12.1. The molecular weight excluding hydrogens is 277 g/mol. The zero-order valence-corrected chi connectivity index (χ0v) is 11.9. The second-order valence-corrected chi connectivity index (χ2v) is 6.76. The van der Waals surface area contributed by atoms with Crippen LogP contribution in [0.4, 0.5) is 4.39 Å². The molecular formula is C11H16FNO3S2. The average molecular weight is 293 g/mol. The molecule has 4 nitrogen and oxygen atoms in total. The Labute approximate surface area is 111 Å². The fourth-order valence-corrected chi connectivity index (χ4v) is 3.15. The summed E-state index contributed by atoms with van der Waals surface area (Å²) in [6.07, 6.45) is 1.89. The summed E-state index contributed by atoms with van der Waals surface area (Å²) in [5.41, 5.74) is -0.0191. The molecule has 0 atom stereocenters. The van der Waals surface area contributed by atoms with E-state index in [2.05, 4.69) is 0 Å². The highest BCUT2D eigenvalue weighted by molar-refractivity contribution is 7.98. The van der Waals surface area contributed by atoms with Crippen LogP contribution < -0.4 is 0 Å². The van der Waals surface area contributed by atoms with Gasteiger partial charge in [0, 0.05) is 24.9 Å². The molecule has 7 heteroatoms. The van der Waals surface area contributed by atoms with Crippen molar-refractivity contribution >= 4 is 21.8 Å². The predicted octanol–water partition coefficient (Wildman–Crippen LogP) is 1.30. The molecule has 0 aliphatic heterocycles. The smallest absolute Gasteiger partial charge is 0.242 e. The van der Waals surface area contributed by atoms with Crippen molar-refractivity contribution in [3.63, 3.8) is 0 Å². The summed E-state index contributed by atoms with van der Waals surface area (Å²) in [6, 6.07) is 3.43. The molecule has 1 N–H and O–H groups in total. The summed E-state index contributed by atoms with van der Waals surface area (Å²) in [7, 11) is -2.14. The van der Waals surface area contributed by atoms with Gasteiger partial charge in [-0.25, -0.2) is 17.1 Å². The van der Waals surface area contributed by atoms with E-state index in [1.807, 2.05) is 6.26 Å². The summed E-state index contributed by atoms with van der Waals surface area (Å²) >= 11 is 1.55. The maximum atomic E-state index is 13.2. The second kappa shape index (κ2) is 6.51. The van der Waals surface area contributed by atoms with Crippen LogP contribution in [-0.2, 0) is 16.6 Å². The van der Waals surface area contributed by atoms with Gasteiger partial charge in [-0.2, -0.15) is 11.8 Å². The number of hydrogen-bond donors (Lipinski definition) is 1. The molecule has 0 heterocycles. The van der Waals surface area contributed by atoms with Gasteiger partial charge >= 0.3 is 0 Å². The van der Waals surface area contributed by atoms with Gasteiger partial charge in [-0.05, 0) is 24.5 Å². The highest BCUT2D eigenvalue weighted by atomic mass is 32.2. The van der Waals surface area contributed by atoms with Crippen molar-refractivity contribution in [1.82, 2.24) is 4.31 Å². The first-order valence-corrected chi connectivity index (χ1v) is 8.11. The first kappa shape index (κ1) is 15.4. The number of aliphatic hydroxyl groups is 1. The summed E-state index contributed by atoms with van der Waals surface area (Å²) in [5, 5.41) is 8.94. The zero-order chi connectivity index (χ0) is 13.8. The SMILES string of the molecule is CSCCN(C)S(=O)(=O)c1ccc(F)c(CO)c1. The third-order valence-corrected chi connectivity index (χ3v) is 4.95. The lowest BCUT2D eigenvalue weighted by Gasteiger charge is -2.17. The Hall–Kier alpha value is -0.630. The molecule has 1 rings (SSSR count). The van der Waals surface area contributed by atoms with E-state index in [9.17, 15) is 12.8 Å². The molecule has 1 aromatic rings. The summed E-state index contributed by atoms with van der Waals surface area (Å²) < 4.78 is 38.7. The van der Waals surface area contributed by atoms with Crippen LogP contribution in [0, 0.1) is 5.82 Å². The summed E-state index contributed by atoms with van der Waals surface area (Å²) in [6.45, 7) is -0.140. The molecule has 0 aliphatic rings. The van der Waals surface area contributed by atoms with Gasteiger partial charge in [-0.3, -0.25) is 0 Å². The third-order valence-electron chi connectivity index (χ3n) is 2.51. The Morgan fingerprint density at radius 1 is 1.44 bits per heavy atom. The number of thioether (sulfide) groups is 1. The monoisotopic (exact) mass is 293 g/mol. The fourth-order valence-electron chi connectivity index (χ4n) is 1.35. The van der Waals surface area contributed by atoms with E-state index >= 15 is 0 Å². The van der Waals surface area contributed by atoms with Gasteiger partial charge in [0.25, 0.3) is 0 Å². The first-order chi connectivity index (χ1) is 8.43. The van der Waals surface area contributed by atoms with Crippen LogP contribution in [-0.4, -0.2) is 43.4 Å². The largest absolute Gasteiger partial charge is 0.392 e. The fraction of sp³-hybridized carbons (Fsp3) is 0.455. The second-order valence-electron chi connectivity index (χ2n) is 3.73. The van der Waals surface area contributed by atoms with E-state index in [0.717, 1.165) is 6.07 Å². The standard InChI is InChI=1S/C11H16FNO3S2/c1-13(5-6-17-2)18(15,16)10-3-4-11(12)9(7-10)8-14/h3-4,7,14H,5-6,8H2,1-2H3. The average Bonchev–Trinajstić information content (AvgIpc) is 2.36. The van der Waals surface area contributed by atoms with Gasteiger partial charge in [0.2, 0.25) is 10.0 Å². The van der Waals surface area contributed by atoms with E-state index < -0.39 is 22.4 Å². The Morgan fingerprint density at radius 3 is 2.67 bits per heavy atom. The number of sulfonamides is 1. The molecule has 0 aliphatic carbocycles. The molecule has 0 spiro atoms. The molecule has 102 valence electrons. The van der Waals surface area contributed by atoms with Crippen molar-refractivity contribution in [2.75, 3.05) is 25.6 Å². The molecule has 0 radical (unpaired) electrons. The molecule has 0 aromatic heterocycles. The number of halogens is 1. The molecule has 0 bridgehead atoms. The van der Waals surface area contributed by atoms with Gasteiger partial charge < -0.3 is 5.11 Å². The summed E-state index contributed by atoms with van der Waals surface area (Å²) in [4.78, 5) is -0.00319. The molecule has 0 amide bonds. The highest BCUT2D eigenvalue weighted by Gasteiger charge is 2.21. The highest BCUT2D eigenvalue weighted by Crippen LogP contribution is 2.18. The molecule has 18 heavy (non-hydrogen) atoms. The Kier molecular flexibility index (Phi) is 5.58. The van der Waals surface area contributed by atoms with Crippen molar-refractivity contribution in [2.24, 2.45) is 0 Å². The van der Waals surface area contributed by atoms with Crippen LogP contribution in [0.25, 0.3) is 0 Å². The van der Waals surface area contributed by atoms with Crippen LogP contribution in [0.15, 0.2) is 23.1 Å². The van der Waals surface area contributed by atoms with Crippen LogP contribution in [0.3, 0.4) is 0 Å². The van der Waals surface area contributed by atoms with E-state index in [4.69, 9.17) is 5.11 Å². The number of hydrogen-bond acceptors (Lipinski definition) is 4. The van der Waals surface area contributed by atoms with Crippen molar-refractivity contribution in [1.29, 1.82) is 0 Å². The van der Waals surface area contributed by atoms with E-state index in [0.29, 0.717) is 12.3 Å².